The number of aryl methyl sites for hydroxylation is 1. The average Bonchev–Trinajstić information content (AvgIpc) is 3.10. The topological polar surface area (TPSA) is 84.9 Å². The van der Waals surface area contributed by atoms with Crippen molar-refractivity contribution in [1.82, 2.24) is 4.72 Å². The summed E-state index contributed by atoms with van der Waals surface area (Å²) in [5, 5.41) is 0. The van der Waals surface area contributed by atoms with Crippen molar-refractivity contribution >= 4 is 21.6 Å². The van der Waals surface area contributed by atoms with Gasteiger partial charge in [0.05, 0.1) is 36.0 Å². The predicted molar refractivity (Wildman–Crippen MR) is 98.3 cm³/mol. The van der Waals surface area contributed by atoms with Crippen molar-refractivity contribution in [2.45, 2.75) is 61.7 Å². The minimum absolute atomic E-state index is 0.0269. The highest BCUT2D eigenvalue weighted by Gasteiger charge is 2.37. The third-order valence-electron chi connectivity index (χ3n) is 6.14. The highest BCUT2D eigenvalue weighted by Crippen LogP contribution is 2.38. The maximum atomic E-state index is 13.0. The Kier molecular flexibility index (Phi) is 4.27. The summed E-state index contributed by atoms with van der Waals surface area (Å²) in [6.45, 7) is 1.85. The largest absolute Gasteiger partial charge is 0.373 e. The second-order valence-corrected chi connectivity index (χ2v) is 9.55. The van der Waals surface area contributed by atoms with E-state index in [4.69, 9.17) is 9.47 Å². The van der Waals surface area contributed by atoms with E-state index in [1.54, 1.807) is 17.0 Å². The van der Waals surface area contributed by atoms with Crippen molar-refractivity contribution in [3.63, 3.8) is 0 Å². The molecule has 1 saturated heterocycles. The molecule has 2 fully saturated rings. The number of rotatable bonds is 3. The summed E-state index contributed by atoms with van der Waals surface area (Å²) in [5.41, 5.74) is 2.88. The van der Waals surface area contributed by atoms with Gasteiger partial charge in [-0.05, 0) is 55.4 Å². The van der Waals surface area contributed by atoms with Crippen LogP contribution in [0.1, 0.15) is 36.8 Å². The Labute approximate surface area is 159 Å². The van der Waals surface area contributed by atoms with Gasteiger partial charge in [0.25, 0.3) is 0 Å². The number of fused-ring (bicyclic) bond motifs is 1. The number of carbonyl (C=O) groups excluding carboxylic acids is 1. The molecule has 1 saturated carbocycles. The lowest BCUT2D eigenvalue weighted by Crippen LogP contribution is -2.49. The Bertz CT molecular complexity index is 884. The highest BCUT2D eigenvalue weighted by atomic mass is 32.2. The van der Waals surface area contributed by atoms with Crippen LogP contribution in [0.2, 0.25) is 0 Å². The molecule has 146 valence electrons. The van der Waals surface area contributed by atoms with E-state index in [9.17, 15) is 13.2 Å². The molecule has 3 heterocycles. The summed E-state index contributed by atoms with van der Waals surface area (Å²) in [6.07, 6.45) is 4.05. The van der Waals surface area contributed by atoms with E-state index in [0.717, 1.165) is 36.1 Å². The molecular formula is C19H24N2O5S. The lowest BCUT2D eigenvalue weighted by molar-refractivity contribution is -0.156. The number of anilines is 1. The number of ether oxygens (including phenoxy) is 2. The summed E-state index contributed by atoms with van der Waals surface area (Å²) >= 11 is 0. The van der Waals surface area contributed by atoms with Gasteiger partial charge in [-0.1, -0.05) is 0 Å². The fraction of sp³-hybridized carbons (Fsp3) is 0.632. The summed E-state index contributed by atoms with van der Waals surface area (Å²) in [6, 6.07) is 3.35. The highest BCUT2D eigenvalue weighted by molar-refractivity contribution is 7.89. The molecule has 0 spiro atoms. The van der Waals surface area contributed by atoms with Crippen LogP contribution in [-0.2, 0) is 37.1 Å². The Hall–Kier alpha value is -1.48. The number of carbonyl (C=O) groups is 1. The van der Waals surface area contributed by atoms with Crippen LogP contribution >= 0.6 is 0 Å². The molecule has 1 aromatic rings. The van der Waals surface area contributed by atoms with E-state index in [1.165, 1.54) is 0 Å². The lowest BCUT2D eigenvalue weighted by Gasteiger charge is -2.38. The monoisotopic (exact) mass is 392 g/mol. The smallest absolute Gasteiger partial charge is 0.240 e. The molecule has 3 aliphatic heterocycles. The van der Waals surface area contributed by atoms with Crippen molar-refractivity contribution in [1.29, 1.82) is 0 Å². The van der Waals surface area contributed by atoms with Crippen LogP contribution in [0, 0.1) is 0 Å². The predicted octanol–water partition coefficient (Wildman–Crippen LogP) is 1.14. The van der Waals surface area contributed by atoms with Crippen LogP contribution < -0.4 is 9.62 Å². The van der Waals surface area contributed by atoms with Crippen LogP contribution in [0.15, 0.2) is 17.0 Å². The Morgan fingerprint density at radius 3 is 2.56 bits per heavy atom. The van der Waals surface area contributed by atoms with Crippen LogP contribution in [0.4, 0.5) is 5.69 Å². The molecule has 5 rings (SSSR count). The van der Waals surface area contributed by atoms with Gasteiger partial charge in [-0.25, -0.2) is 13.1 Å². The summed E-state index contributed by atoms with van der Waals surface area (Å²) in [5.74, 6) is 0.140. The Morgan fingerprint density at radius 2 is 1.74 bits per heavy atom. The van der Waals surface area contributed by atoms with Gasteiger partial charge in [0.2, 0.25) is 15.9 Å². The number of hydrogen-bond acceptors (Lipinski definition) is 5. The van der Waals surface area contributed by atoms with E-state index in [0.29, 0.717) is 43.9 Å². The Balaban J connectivity index is 1.37. The molecule has 8 heteroatoms. The van der Waals surface area contributed by atoms with Crippen molar-refractivity contribution in [3.05, 3.63) is 23.3 Å². The van der Waals surface area contributed by atoms with Gasteiger partial charge >= 0.3 is 0 Å². The first-order valence-electron chi connectivity index (χ1n) is 9.73. The normalized spacial score (nSPS) is 30.1. The third-order valence-corrected chi connectivity index (χ3v) is 7.64. The van der Waals surface area contributed by atoms with Crippen molar-refractivity contribution < 1.29 is 22.7 Å². The van der Waals surface area contributed by atoms with Gasteiger partial charge in [0.1, 0.15) is 0 Å². The van der Waals surface area contributed by atoms with Crippen molar-refractivity contribution in [3.8, 4) is 0 Å². The number of hydrogen-bond donors (Lipinski definition) is 1. The van der Waals surface area contributed by atoms with E-state index < -0.39 is 10.0 Å². The number of sulfonamides is 1. The van der Waals surface area contributed by atoms with Crippen LogP contribution in [-0.4, -0.2) is 52.3 Å². The number of amides is 1. The molecule has 1 aromatic carbocycles. The first kappa shape index (κ1) is 17.6. The summed E-state index contributed by atoms with van der Waals surface area (Å²) in [7, 11) is -3.61. The van der Waals surface area contributed by atoms with Gasteiger partial charge in [0.15, 0.2) is 0 Å². The maximum Gasteiger partial charge on any atom is 0.240 e. The Morgan fingerprint density at radius 1 is 1.00 bits per heavy atom. The summed E-state index contributed by atoms with van der Waals surface area (Å²) in [4.78, 5) is 14.2. The molecule has 4 aliphatic rings. The number of nitrogens with one attached hydrogen (secondary N) is 1. The molecule has 3 atom stereocenters. The lowest BCUT2D eigenvalue weighted by atomic mass is 9.90. The fourth-order valence-corrected chi connectivity index (χ4v) is 6.23. The average molecular weight is 392 g/mol. The molecule has 1 amide bonds. The van der Waals surface area contributed by atoms with Crippen LogP contribution in [0.5, 0.6) is 0 Å². The zero-order chi connectivity index (χ0) is 18.6. The molecule has 7 nitrogen and oxygen atoms in total. The second kappa shape index (κ2) is 6.55. The molecule has 27 heavy (non-hydrogen) atoms. The molecule has 1 N–H and O–H groups in total. The van der Waals surface area contributed by atoms with E-state index >= 15 is 0 Å². The van der Waals surface area contributed by atoms with Crippen LogP contribution in [0.25, 0.3) is 0 Å². The van der Waals surface area contributed by atoms with Crippen molar-refractivity contribution in [2.24, 2.45) is 0 Å². The fourth-order valence-electron chi connectivity index (χ4n) is 4.84. The minimum Gasteiger partial charge on any atom is -0.373 e. The van der Waals surface area contributed by atoms with Crippen molar-refractivity contribution in [2.75, 3.05) is 24.7 Å². The van der Waals surface area contributed by atoms with Gasteiger partial charge in [0, 0.05) is 19.0 Å². The SMILES string of the molecule is O=C1CCc2cc(S(=O)(=O)N[C@@H]3CC[C@H]4OCCO[C@H]4C3)cc3c2N1CC3. The standard InChI is InChI=1S/C19H24N2O5S/c22-18-4-1-12-9-15(10-13-5-6-21(18)19(12)13)27(23,24)20-14-2-3-16-17(11-14)26-8-7-25-16/h9-10,14,16-17,20H,1-8,11H2/t14-,16-,17+/m1/s1. The van der Waals surface area contributed by atoms with Crippen LogP contribution in [0.3, 0.4) is 0 Å². The molecule has 0 aromatic heterocycles. The first-order chi connectivity index (χ1) is 13.0. The first-order valence-corrected chi connectivity index (χ1v) is 11.2. The zero-order valence-corrected chi connectivity index (χ0v) is 16.0. The number of benzene rings is 1. The van der Waals surface area contributed by atoms with Gasteiger partial charge in [-0.15, -0.1) is 0 Å². The van der Waals surface area contributed by atoms with Gasteiger partial charge in [-0.2, -0.15) is 0 Å². The zero-order valence-electron chi connectivity index (χ0n) is 15.1. The van der Waals surface area contributed by atoms with E-state index in [2.05, 4.69) is 4.72 Å². The molecule has 0 radical (unpaired) electrons. The number of nitrogens with zero attached hydrogens (tertiary/aromatic N) is 1. The van der Waals surface area contributed by atoms with E-state index in [1.807, 2.05) is 0 Å². The van der Waals surface area contributed by atoms with Gasteiger partial charge < -0.3 is 14.4 Å². The second-order valence-electron chi connectivity index (χ2n) is 7.84. The quantitative estimate of drug-likeness (QED) is 0.834. The van der Waals surface area contributed by atoms with E-state index in [-0.39, 0.29) is 24.2 Å². The minimum atomic E-state index is -3.61. The maximum absolute atomic E-state index is 13.0. The molecular weight excluding hydrogens is 368 g/mol. The molecule has 0 bridgehead atoms. The third kappa shape index (κ3) is 3.08. The molecule has 1 aliphatic carbocycles. The van der Waals surface area contributed by atoms with Gasteiger partial charge in [-0.3, -0.25) is 4.79 Å². The summed E-state index contributed by atoms with van der Waals surface area (Å²) < 4.78 is 40.4. The molecule has 0 unspecified atom stereocenters.